The SMILES string of the molecule is CCC1CCCC(CC)(Cc2nc3c(nc2NC(=O)Cc2ccc(Cl)cc2)CCc2cc(F)ccc2-3)C1. The maximum atomic E-state index is 13.9. The summed E-state index contributed by atoms with van der Waals surface area (Å²) in [6.07, 6.45) is 9.55. The lowest BCUT2D eigenvalue weighted by Gasteiger charge is -2.40. The number of rotatable bonds is 7. The van der Waals surface area contributed by atoms with Crippen LogP contribution in [0.5, 0.6) is 0 Å². The third-order valence-electron chi connectivity index (χ3n) is 8.44. The van der Waals surface area contributed by atoms with Crippen LogP contribution in [0, 0.1) is 17.2 Å². The lowest BCUT2D eigenvalue weighted by molar-refractivity contribution is -0.115. The second kappa shape index (κ2) is 10.9. The second-order valence-electron chi connectivity index (χ2n) is 10.9. The van der Waals surface area contributed by atoms with E-state index in [-0.39, 0.29) is 23.6 Å². The number of halogens is 2. The van der Waals surface area contributed by atoms with E-state index in [4.69, 9.17) is 21.6 Å². The van der Waals surface area contributed by atoms with Gasteiger partial charge < -0.3 is 5.32 Å². The monoisotopic (exact) mass is 519 g/mol. The van der Waals surface area contributed by atoms with Crippen LogP contribution < -0.4 is 5.32 Å². The van der Waals surface area contributed by atoms with Gasteiger partial charge in [0.2, 0.25) is 5.91 Å². The van der Waals surface area contributed by atoms with Gasteiger partial charge in [-0.1, -0.05) is 63.3 Å². The molecule has 194 valence electrons. The van der Waals surface area contributed by atoms with Crippen LogP contribution in [0.2, 0.25) is 5.02 Å². The minimum Gasteiger partial charge on any atom is -0.309 e. The third-order valence-corrected chi connectivity index (χ3v) is 8.69. The van der Waals surface area contributed by atoms with Crippen molar-refractivity contribution in [1.29, 1.82) is 0 Å². The van der Waals surface area contributed by atoms with E-state index in [0.717, 1.165) is 52.5 Å². The van der Waals surface area contributed by atoms with Gasteiger partial charge in [-0.25, -0.2) is 14.4 Å². The molecule has 37 heavy (non-hydrogen) atoms. The molecule has 2 aliphatic carbocycles. The highest BCUT2D eigenvalue weighted by molar-refractivity contribution is 6.30. The van der Waals surface area contributed by atoms with E-state index in [1.165, 1.54) is 38.2 Å². The van der Waals surface area contributed by atoms with Crippen molar-refractivity contribution in [1.82, 2.24) is 9.97 Å². The topological polar surface area (TPSA) is 54.9 Å². The summed E-state index contributed by atoms with van der Waals surface area (Å²) in [4.78, 5) is 23.3. The number of benzene rings is 2. The van der Waals surface area contributed by atoms with Crippen LogP contribution in [0.1, 0.15) is 74.9 Å². The van der Waals surface area contributed by atoms with Gasteiger partial charge in [-0.05, 0) is 84.9 Å². The maximum absolute atomic E-state index is 13.9. The zero-order chi connectivity index (χ0) is 26.0. The Kier molecular flexibility index (Phi) is 7.62. The molecular weight excluding hydrogens is 485 g/mol. The highest BCUT2D eigenvalue weighted by atomic mass is 35.5. The van der Waals surface area contributed by atoms with Crippen LogP contribution in [0.25, 0.3) is 11.3 Å². The number of carbonyl (C=O) groups excluding carboxylic acids is 1. The molecule has 2 aliphatic rings. The van der Waals surface area contributed by atoms with Gasteiger partial charge in [0.15, 0.2) is 5.82 Å². The summed E-state index contributed by atoms with van der Waals surface area (Å²) >= 11 is 6.01. The number of fused-ring (bicyclic) bond motifs is 3. The van der Waals surface area contributed by atoms with Crippen molar-refractivity contribution in [2.45, 2.75) is 78.1 Å². The van der Waals surface area contributed by atoms with Gasteiger partial charge in [-0.15, -0.1) is 0 Å². The number of carbonyl (C=O) groups is 1. The van der Waals surface area contributed by atoms with E-state index in [1.807, 2.05) is 18.2 Å². The Morgan fingerprint density at radius 2 is 1.95 bits per heavy atom. The van der Waals surface area contributed by atoms with Crippen LogP contribution in [0.3, 0.4) is 0 Å². The van der Waals surface area contributed by atoms with E-state index >= 15 is 0 Å². The average Bonchev–Trinajstić information content (AvgIpc) is 2.90. The van der Waals surface area contributed by atoms with Gasteiger partial charge in [0.1, 0.15) is 5.82 Å². The summed E-state index contributed by atoms with van der Waals surface area (Å²) in [6, 6.07) is 12.3. The molecule has 3 aromatic rings. The van der Waals surface area contributed by atoms with Crippen molar-refractivity contribution < 1.29 is 9.18 Å². The molecule has 1 amide bonds. The number of nitrogens with one attached hydrogen (secondary N) is 1. The van der Waals surface area contributed by atoms with Crippen molar-refractivity contribution in [3.63, 3.8) is 0 Å². The molecule has 0 radical (unpaired) electrons. The predicted octanol–water partition coefficient (Wildman–Crippen LogP) is 7.76. The lowest BCUT2D eigenvalue weighted by atomic mass is 9.65. The molecule has 0 bridgehead atoms. The maximum Gasteiger partial charge on any atom is 0.229 e. The molecule has 0 spiro atoms. The minimum absolute atomic E-state index is 0.114. The minimum atomic E-state index is -0.223. The normalized spacial score (nSPS) is 20.7. The summed E-state index contributed by atoms with van der Waals surface area (Å²) in [5.41, 5.74) is 5.52. The Bertz CT molecular complexity index is 1290. The van der Waals surface area contributed by atoms with Crippen LogP contribution in [0.4, 0.5) is 10.2 Å². The second-order valence-corrected chi connectivity index (χ2v) is 11.3. The Morgan fingerprint density at radius 3 is 2.70 bits per heavy atom. The first-order valence-electron chi connectivity index (χ1n) is 13.6. The molecule has 6 heteroatoms. The number of hydrogen-bond acceptors (Lipinski definition) is 3. The Labute approximate surface area is 224 Å². The number of hydrogen-bond donors (Lipinski definition) is 1. The lowest BCUT2D eigenvalue weighted by Crippen LogP contribution is -2.31. The molecular formula is C31H35ClFN3O. The zero-order valence-electron chi connectivity index (χ0n) is 21.7. The van der Waals surface area contributed by atoms with E-state index < -0.39 is 0 Å². The molecule has 0 saturated heterocycles. The fourth-order valence-electron chi connectivity index (χ4n) is 6.23. The number of nitrogens with zero attached hydrogens (tertiary/aromatic N) is 2. The molecule has 1 saturated carbocycles. The van der Waals surface area contributed by atoms with Gasteiger partial charge in [0.05, 0.1) is 23.5 Å². The summed E-state index contributed by atoms with van der Waals surface area (Å²) in [5, 5.41) is 3.76. The van der Waals surface area contributed by atoms with Crippen molar-refractivity contribution in [2.24, 2.45) is 11.3 Å². The summed E-state index contributed by atoms with van der Waals surface area (Å²) in [6.45, 7) is 4.56. The molecule has 2 unspecified atom stereocenters. The van der Waals surface area contributed by atoms with E-state index in [9.17, 15) is 9.18 Å². The van der Waals surface area contributed by atoms with Crippen LogP contribution >= 0.6 is 11.6 Å². The van der Waals surface area contributed by atoms with E-state index in [2.05, 4.69) is 19.2 Å². The average molecular weight is 520 g/mol. The number of amides is 1. The van der Waals surface area contributed by atoms with Crippen LogP contribution in [0.15, 0.2) is 42.5 Å². The predicted molar refractivity (Wildman–Crippen MR) is 147 cm³/mol. The first-order valence-corrected chi connectivity index (χ1v) is 14.0. The smallest absolute Gasteiger partial charge is 0.229 e. The largest absolute Gasteiger partial charge is 0.309 e. The van der Waals surface area contributed by atoms with Crippen molar-refractivity contribution in [3.05, 3.63) is 75.8 Å². The molecule has 2 aromatic carbocycles. The molecule has 1 N–H and O–H groups in total. The first kappa shape index (κ1) is 25.8. The Hall–Kier alpha value is -2.79. The molecule has 4 nitrogen and oxygen atoms in total. The molecule has 5 rings (SSSR count). The van der Waals surface area contributed by atoms with E-state index in [0.29, 0.717) is 23.7 Å². The number of aromatic nitrogens is 2. The fraction of sp³-hybridized carbons (Fsp3) is 0.452. The molecule has 2 atom stereocenters. The number of aryl methyl sites for hydroxylation is 2. The molecule has 1 heterocycles. The molecule has 0 aliphatic heterocycles. The fourth-order valence-corrected chi connectivity index (χ4v) is 6.35. The highest BCUT2D eigenvalue weighted by Crippen LogP contribution is 2.46. The summed E-state index contributed by atoms with van der Waals surface area (Å²) in [5.74, 6) is 0.969. The van der Waals surface area contributed by atoms with Crippen LogP contribution in [-0.2, 0) is 30.5 Å². The van der Waals surface area contributed by atoms with Gasteiger partial charge in [0, 0.05) is 10.6 Å². The Morgan fingerprint density at radius 1 is 1.14 bits per heavy atom. The van der Waals surface area contributed by atoms with Crippen LogP contribution in [-0.4, -0.2) is 15.9 Å². The first-order chi connectivity index (χ1) is 17.9. The molecule has 1 fully saturated rings. The summed E-state index contributed by atoms with van der Waals surface area (Å²) < 4.78 is 13.9. The van der Waals surface area contributed by atoms with Gasteiger partial charge in [-0.2, -0.15) is 0 Å². The van der Waals surface area contributed by atoms with Crippen molar-refractivity contribution >= 4 is 23.3 Å². The number of anilines is 1. The summed E-state index contributed by atoms with van der Waals surface area (Å²) in [7, 11) is 0. The van der Waals surface area contributed by atoms with Crippen molar-refractivity contribution in [3.8, 4) is 11.3 Å². The third kappa shape index (κ3) is 5.72. The van der Waals surface area contributed by atoms with E-state index in [1.54, 1.807) is 18.2 Å². The standard InChI is InChI=1S/C31H35ClFN3O/c1-3-20-6-5-15-31(4-2,18-20)19-27-30(36-28(37)16-21-7-10-23(32)11-8-21)35-26-14-9-22-17-24(33)12-13-25(22)29(26)34-27/h7-8,10-13,17,20H,3-6,9,14-16,18-19H2,1-2H3,(H,35,36,37). The molecule has 1 aromatic heterocycles. The van der Waals surface area contributed by atoms with Gasteiger partial charge in [-0.3, -0.25) is 4.79 Å². The Balaban J connectivity index is 1.50. The highest BCUT2D eigenvalue weighted by Gasteiger charge is 2.36. The zero-order valence-corrected chi connectivity index (χ0v) is 22.5. The van der Waals surface area contributed by atoms with Gasteiger partial charge >= 0.3 is 0 Å². The van der Waals surface area contributed by atoms with Crippen molar-refractivity contribution in [2.75, 3.05) is 5.32 Å². The van der Waals surface area contributed by atoms with Gasteiger partial charge in [0.25, 0.3) is 0 Å². The quantitative estimate of drug-likeness (QED) is 0.347.